The van der Waals surface area contributed by atoms with Gasteiger partial charge in [-0.2, -0.15) is 29.7 Å². The van der Waals surface area contributed by atoms with Gasteiger partial charge in [-0.15, -0.1) is 0 Å². The number of nitrogens with one attached hydrogen (secondary N) is 1. The van der Waals surface area contributed by atoms with E-state index in [1.807, 2.05) is 6.07 Å². The Bertz CT molecular complexity index is 769. The van der Waals surface area contributed by atoms with Gasteiger partial charge < -0.3 is 15.0 Å². The maximum atomic E-state index is 12.5. The van der Waals surface area contributed by atoms with Gasteiger partial charge in [-0.3, -0.25) is 14.9 Å². The van der Waals surface area contributed by atoms with E-state index in [1.54, 1.807) is 28.8 Å². The Morgan fingerprint density at radius 2 is 2.14 bits per heavy atom. The minimum absolute atomic E-state index is 0.00182. The van der Waals surface area contributed by atoms with Crippen LogP contribution >= 0.6 is 24.4 Å². The fraction of sp³-hybridized carbons (Fsp3) is 0.500. The molecule has 1 fully saturated rings. The molecule has 2 rings (SSSR count). The molecule has 0 spiro atoms. The molecule has 1 N–H and O–H groups in total. The number of likely N-dealkylation sites (tertiary alicyclic amines) is 1. The van der Waals surface area contributed by atoms with Crippen LogP contribution in [0.2, 0.25) is 0 Å². The second-order valence-corrected chi connectivity index (χ2v) is 8.31. The van der Waals surface area contributed by atoms with E-state index in [0.29, 0.717) is 30.0 Å². The van der Waals surface area contributed by atoms with Gasteiger partial charge in [0.05, 0.1) is 11.0 Å². The second-order valence-electron chi connectivity index (χ2n) is 6.43. The lowest BCUT2D eigenvalue weighted by molar-refractivity contribution is -0.384. The highest BCUT2D eigenvalue weighted by Crippen LogP contribution is 2.26. The van der Waals surface area contributed by atoms with E-state index in [9.17, 15) is 19.7 Å². The number of hydrogen-bond acceptors (Lipinski definition) is 8. The van der Waals surface area contributed by atoms with Crippen molar-refractivity contribution in [3.05, 3.63) is 39.9 Å². The van der Waals surface area contributed by atoms with Crippen LogP contribution in [0, 0.1) is 21.4 Å². The predicted molar refractivity (Wildman–Crippen MR) is 112 cm³/mol. The Kier molecular flexibility index (Phi) is 9.08. The molecule has 1 aliphatic heterocycles. The van der Waals surface area contributed by atoms with Crippen LogP contribution in [0.4, 0.5) is 10.5 Å². The maximum absolute atomic E-state index is 12.5. The maximum Gasteiger partial charge on any atom is 0.410 e. The summed E-state index contributed by atoms with van der Waals surface area (Å²) in [6.07, 6.45) is 0.606. The van der Waals surface area contributed by atoms with Crippen molar-refractivity contribution in [1.29, 1.82) is 5.26 Å². The summed E-state index contributed by atoms with van der Waals surface area (Å²) in [6, 6.07) is 7.67. The predicted octanol–water partition coefficient (Wildman–Crippen LogP) is 2.37. The summed E-state index contributed by atoms with van der Waals surface area (Å²) in [4.78, 5) is 35.8. The zero-order valence-corrected chi connectivity index (χ0v) is 17.4. The molecule has 1 aliphatic rings. The van der Waals surface area contributed by atoms with Gasteiger partial charge in [0.25, 0.3) is 5.69 Å². The zero-order valence-electron chi connectivity index (χ0n) is 15.7. The highest BCUT2D eigenvalue weighted by atomic mass is 32.2. The number of nitro benzene ring substituents is 1. The first-order valence-electron chi connectivity index (χ1n) is 8.97. The summed E-state index contributed by atoms with van der Waals surface area (Å²) in [5.41, 5.74) is 0.649. The van der Waals surface area contributed by atoms with Crippen LogP contribution in [0.15, 0.2) is 24.3 Å². The first kappa shape index (κ1) is 22.8. The molecular formula is C18H22N4O5S2. The molecule has 0 saturated carbocycles. The number of nitriles is 1. The van der Waals surface area contributed by atoms with Crippen LogP contribution < -0.4 is 5.32 Å². The second kappa shape index (κ2) is 11.5. The summed E-state index contributed by atoms with van der Waals surface area (Å²) in [7, 11) is 0. The summed E-state index contributed by atoms with van der Waals surface area (Å²) >= 11 is 6.04. The van der Waals surface area contributed by atoms with Crippen LogP contribution in [-0.4, -0.2) is 57.7 Å². The molecule has 0 bridgehead atoms. The Balaban J connectivity index is 1.77. The monoisotopic (exact) mass is 438 g/mol. The van der Waals surface area contributed by atoms with E-state index in [2.05, 4.69) is 17.9 Å². The Labute approximate surface area is 178 Å². The van der Waals surface area contributed by atoms with E-state index in [1.165, 1.54) is 12.1 Å². The van der Waals surface area contributed by atoms with E-state index in [0.717, 1.165) is 6.42 Å². The normalized spacial score (nSPS) is 18.1. The van der Waals surface area contributed by atoms with Gasteiger partial charge in [-0.05, 0) is 24.1 Å². The van der Waals surface area contributed by atoms with Crippen LogP contribution in [0.1, 0.15) is 18.4 Å². The van der Waals surface area contributed by atoms with Gasteiger partial charge in [0.1, 0.15) is 13.2 Å². The van der Waals surface area contributed by atoms with E-state index in [4.69, 9.17) is 10.00 Å². The molecule has 11 heteroatoms. The fourth-order valence-corrected chi connectivity index (χ4v) is 4.33. The molecule has 0 radical (unpaired) electrons. The van der Waals surface area contributed by atoms with E-state index < -0.39 is 11.0 Å². The molecule has 156 valence electrons. The number of thiol groups is 1. The molecular weight excluding hydrogens is 416 g/mol. The zero-order chi connectivity index (χ0) is 21.2. The molecule has 2 unspecified atom stereocenters. The topological polar surface area (TPSA) is 126 Å². The number of non-ortho nitro benzene ring substituents is 1. The number of hydrogen-bond donors (Lipinski definition) is 2. The van der Waals surface area contributed by atoms with Crippen molar-refractivity contribution < 1.29 is 19.2 Å². The third-order valence-corrected chi connectivity index (χ3v) is 5.77. The van der Waals surface area contributed by atoms with Crippen molar-refractivity contribution in [2.75, 3.05) is 24.6 Å². The molecule has 1 aromatic rings. The molecule has 0 aliphatic carbocycles. The van der Waals surface area contributed by atoms with E-state index >= 15 is 0 Å². The Morgan fingerprint density at radius 3 is 2.79 bits per heavy atom. The number of rotatable bonds is 9. The number of nitro groups is 1. The van der Waals surface area contributed by atoms with Gasteiger partial charge in [0.2, 0.25) is 5.91 Å². The standard InChI is InChI=1S/C18H22N4O5S2/c19-6-7-20-17(23)5-8-29-12-15-9-16(28)10-21(15)18(24)27-11-13-1-3-14(4-2-13)22(25)26/h1-4,15-16,28H,5,7-12H2,(H,20,23). The Hall–Kier alpha value is -2.45. The first-order valence-corrected chi connectivity index (χ1v) is 10.6. The van der Waals surface area contributed by atoms with Crippen LogP contribution in [0.3, 0.4) is 0 Å². The van der Waals surface area contributed by atoms with Gasteiger partial charge in [0, 0.05) is 47.9 Å². The van der Waals surface area contributed by atoms with Crippen molar-refractivity contribution in [1.82, 2.24) is 10.2 Å². The largest absolute Gasteiger partial charge is 0.445 e. The summed E-state index contributed by atoms with van der Waals surface area (Å²) in [6.45, 7) is 0.515. The average molecular weight is 439 g/mol. The average Bonchev–Trinajstić information content (AvgIpc) is 3.08. The van der Waals surface area contributed by atoms with Gasteiger partial charge >= 0.3 is 6.09 Å². The van der Waals surface area contributed by atoms with Crippen LogP contribution in [-0.2, 0) is 16.1 Å². The third kappa shape index (κ3) is 7.47. The fourth-order valence-electron chi connectivity index (χ4n) is 2.83. The lowest BCUT2D eigenvalue weighted by Crippen LogP contribution is -2.37. The molecule has 2 amide bonds. The highest BCUT2D eigenvalue weighted by Gasteiger charge is 2.34. The van der Waals surface area contributed by atoms with Crippen molar-refractivity contribution >= 4 is 42.1 Å². The highest BCUT2D eigenvalue weighted by molar-refractivity contribution is 7.99. The minimum Gasteiger partial charge on any atom is -0.445 e. The molecule has 9 nitrogen and oxygen atoms in total. The lowest BCUT2D eigenvalue weighted by Gasteiger charge is -2.23. The number of carbonyl (C=O) groups is 2. The van der Waals surface area contributed by atoms with Crippen molar-refractivity contribution in [2.45, 2.75) is 30.7 Å². The summed E-state index contributed by atoms with van der Waals surface area (Å²) in [5, 5.41) is 21.7. The number of benzene rings is 1. The van der Waals surface area contributed by atoms with Crippen molar-refractivity contribution in [2.24, 2.45) is 0 Å². The van der Waals surface area contributed by atoms with E-state index in [-0.39, 0.29) is 36.0 Å². The molecule has 0 aromatic heterocycles. The number of nitrogens with zero attached hydrogens (tertiary/aromatic N) is 3. The molecule has 1 aromatic carbocycles. The SMILES string of the molecule is N#CCNC(=O)CCSCC1CC(S)CN1C(=O)OCc1ccc([N+](=O)[O-])cc1. The Morgan fingerprint density at radius 1 is 1.41 bits per heavy atom. The summed E-state index contributed by atoms with van der Waals surface area (Å²) in [5.74, 6) is 1.09. The first-order chi connectivity index (χ1) is 13.9. The lowest BCUT2D eigenvalue weighted by atomic mass is 10.2. The number of amides is 2. The quantitative estimate of drug-likeness (QED) is 0.199. The number of ether oxygens (including phenoxy) is 1. The van der Waals surface area contributed by atoms with Crippen LogP contribution in [0.25, 0.3) is 0 Å². The summed E-state index contributed by atoms with van der Waals surface area (Å²) < 4.78 is 5.36. The molecule has 1 heterocycles. The number of thioether (sulfide) groups is 1. The van der Waals surface area contributed by atoms with Crippen molar-refractivity contribution in [3.63, 3.8) is 0 Å². The van der Waals surface area contributed by atoms with Crippen LogP contribution in [0.5, 0.6) is 0 Å². The minimum atomic E-state index is -0.484. The molecule has 2 atom stereocenters. The van der Waals surface area contributed by atoms with Crippen molar-refractivity contribution in [3.8, 4) is 6.07 Å². The van der Waals surface area contributed by atoms with Gasteiger partial charge in [-0.1, -0.05) is 0 Å². The molecule has 1 saturated heterocycles. The van der Waals surface area contributed by atoms with Gasteiger partial charge in [-0.25, -0.2) is 4.79 Å². The third-order valence-electron chi connectivity index (χ3n) is 4.28. The number of carbonyl (C=O) groups excluding carboxylic acids is 2. The molecule has 29 heavy (non-hydrogen) atoms. The van der Waals surface area contributed by atoms with Gasteiger partial charge in [0.15, 0.2) is 0 Å². The smallest absolute Gasteiger partial charge is 0.410 e.